The Balaban J connectivity index is 0.000000202. The molecule has 2 aliphatic heterocycles. The summed E-state index contributed by atoms with van der Waals surface area (Å²) in [6.45, 7) is 1.31. The number of rotatable bonds is 4. The van der Waals surface area contributed by atoms with E-state index in [2.05, 4.69) is 10.2 Å². The minimum Gasteiger partial charge on any atom is -0.338 e. The number of amides is 2. The summed E-state index contributed by atoms with van der Waals surface area (Å²) >= 11 is 2.11. The lowest BCUT2D eigenvalue weighted by Gasteiger charge is -2.33. The number of hydrogen-bond donors (Lipinski definition) is 0. The first-order valence-electron chi connectivity index (χ1n) is 16.4. The molecule has 0 N–H and O–H groups in total. The van der Waals surface area contributed by atoms with Crippen molar-refractivity contribution >= 4 is 34.5 Å². The van der Waals surface area contributed by atoms with Gasteiger partial charge in [-0.1, -0.05) is 19.3 Å². The van der Waals surface area contributed by atoms with E-state index in [0.717, 1.165) is 78.9 Å². The van der Waals surface area contributed by atoms with Crippen molar-refractivity contribution in [2.24, 2.45) is 20.0 Å². The molecule has 2 aliphatic rings. The van der Waals surface area contributed by atoms with Crippen molar-refractivity contribution < 1.29 is 49.1 Å². The molecule has 52 heavy (non-hydrogen) atoms. The molecule has 0 bridgehead atoms. The monoisotopic (exact) mass is 782 g/mol. The van der Waals surface area contributed by atoms with E-state index in [1.54, 1.807) is 12.1 Å². The molecule has 0 radical (unpaired) electrons. The van der Waals surface area contributed by atoms with Crippen LogP contribution in [0.3, 0.4) is 0 Å². The van der Waals surface area contributed by atoms with Crippen molar-refractivity contribution in [2.45, 2.75) is 63.5 Å². The summed E-state index contributed by atoms with van der Waals surface area (Å²) in [5, 5.41) is 7.75. The summed E-state index contributed by atoms with van der Waals surface area (Å²) in [7, 11) is 2.43. The second-order valence-electron chi connectivity index (χ2n) is 12.6. The molecule has 4 aromatic heterocycles. The van der Waals surface area contributed by atoms with Gasteiger partial charge in [-0.05, 0) is 62.1 Å². The van der Waals surface area contributed by atoms with Gasteiger partial charge in [0.2, 0.25) is 0 Å². The number of thiophene rings is 2. The topological polar surface area (TPSA) is 76.3 Å². The van der Waals surface area contributed by atoms with Crippen LogP contribution < -0.4 is 0 Å². The molecule has 2 amide bonds. The van der Waals surface area contributed by atoms with E-state index >= 15 is 0 Å². The lowest BCUT2D eigenvalue weighted by Crippen LogP contribution is -2.44. The van der Waals surface area contributed by atoms with Gasteiger partial charge in [-0.3, -0.25) is 19.0 Å². The predicted octanol–water partition coefficient (Wildman–Crippen LogP) is 9.16. The summed E-state index contributed by atoms with van der Waals surface area (Å²) < 4.78 is 118. The molecule has 0 aliphatic carbocycles. The largest absolute Gasteiger partial charge is 0.433 e. The van der Waals surface area contributed by atoms with Gasteiger partial charge < -0.3 is 9.80 Å². The molecule has 2 fully saturated rings. The van der Waals surface area contributed by atoms with Gasteiger partial charge in [-0.15, -0.1) is 22.7 Å². The molecule has 0 spiro atoms. The van der Waals surface area contributed by atoms with Crippen LogP contribution in [0.2, 0.25) is 0 Å². The number of alkyl halides is 9. The molecule has 6 heterocycles. The third kappa shape index (κ3) is 9.37. The highest BCUT2D eigenvalue weighted by molar-refractivity contribution is 7.17. The van der Waals surface area contributed by atoms with Crippen LogP contribution in [0.5, 0.6) is 0 Å². The maximum absolute atomic E-state index is 12.9. The maximum Gasteiger partial charge on any atom is 0.433 e. The Morgan fingerprint density at radius 1 is 0.635 bits per heavy atom. The summed E-state index contributed by atoms with van der Waals surface area (Å²) in [6, 6.07) is 8.11. The normalized spacial score (nSPS) is 17.7. The molecule has 6 rings (SSSR count). The Hall–Kier alpha value is -3.87. The van der Waals surface area contributed by atoms with E-state index in [1.165, 1.54) is 36.9 Å². The highest BCUT2D eigenvalue weighted by Crippen LogP contribution is 2.37. The van der Waals surface area contributed by atoms with E-state index in [4.69, 9.17) is 0 Å². The lowest BCUT2D eigenvalue weighted by atomic mass is 9.97. The molecule has 1 atom stereocenters. The quantitative estimate of drug-likeness (QED) is 0.194. The lowest BCUT2D eigenvalue weighted by molar-refractivity contribution is -0.184. The molecular weight excluding hydrogens is 748 g/mol. The van der Waals surface area contributed by atoms with E-state index in [9.17, 15) is 49.1 Å². The standard InChI is InChI=1S/C17H20F3N3OS.C16H15F6N3OS/c1-22-15(17(18,19)20)11-12(21-22)13-7-8-14(25-13)16(24)23-9-5-3-2-4-6-10-23;1-24-13(16(20,21)22)7-10(23-24)11-4-5-12(27-11)14(26)25-6-2-3-9(8-25)15(17,18)19/h7-8,11H,2-6,9-10H2,1H3;4-5,7,9H,2-3,6,8H2,1H3. The van der Waals surface area contributed by atoms with Crippen molar-refractivity contribution in [2.75, 3.05) is 26.2 Å². The maximum atomic E-state index is 12.9. The van der Waals surface area contributed by atoms with Crippen LogP contribution >= 0.6 is 22.7 Å². The van der Waals surface area contributed by atoms with E-state index in [-0.39, 0.29) is 41.6 Å². The second-order valence-corrected chi connectivity index (χ2v) is 14.8. The SMILES string of the molecule is Cn1nc(-c2ccc(C(=O)N3CCCC(C(F)(F)F)C3)s2)cc1C(F)(F)F.Cn1nc(-c2ccc(C(=O)N3CCCCCCC3)s2)cc1C(F)(F)F. The zero-order valence-corrected chi connectivity index (χ0v) is 29.7. The fourth-order valence-corrected chi connectivity index (χ4v) is 7.94. The van der Waals surface area contributed by atoms with Gasteiger partial charge in [0.15, 0.2) is 0 Å². The van der Waals surface area contributed by atoms with Gasteiger partial charge in [0.1, 0.15) is 22.8 Å². The van der Waals surface area contributed by atoms with Crippen molar-refractivity contribution in [3.05, 3.63) is 57.5 Å². The Labute approximate surface area is 300 Å². The number of halogens is 9. The first kappa shape index (κ1) is 39.3. The van der Waals surface area contributed by atoms with Gasteiger partial charge >= 0.3 is 18.5 Å². The van der Waals surface area contributed by atoms with E-state index in [1.807, 2.05) is 4.90 Å². The fourth-order valence-electron chi connectivity index (χ4n) is 6.08. The number of piperidine rings is 1. The third-order valence-electron chi connectivity index (χ3n) is 8.79. The van der Waals surface area contributed by atoms with Crippen molar-refractivity contribution in [1.29, 1.82) is 0 Å². The molecular formula is C33H35F9N6O2S2. The fraction of sp³-hybridized carbons (Fsp3) is 0.515. The minimum atomic E-state index is -4.56. The van der Waals surface area contributed by atoms with Gasteiger partial charge in [0.05, 0.1) is 25.4 Å². The minimum absolute atomic E-state index is 0.0167. The summed E-state index contributed by atoms with van der Waals surface area (Å²) in [5.74, 6) is -2.14. The van der Waals surface area contributed by atoms with E-state index < -0.39 is 48.3 Å². The number of hydrogen-bond acceptors (Lipinski definition) is 6. The van der Waals surface area contributed by atoms with Gasteiger partial charge in [-0.25, -0.2) is 0 Å². The van der Waals surface area contributed by atoms with Gasteiger partial charge in [0, 0.05) is 40.3 Å². The highest BCUT2D eigenvalue weighted by atomic mass is 32.1. The Kier molecular flexibility index (Phi) is 11.8. The average Bonchev–Trinajstić information content (AvgIpc) is 3.86. The van der Waals surface area contributed by atoms with Crippen molar-refractivity contribution in [3.8, 4) is 21.1 Å². The Bertz CT molecular complexity index is 1850. The van der Waals surface area contributed by atoms with Crippen LogP contribution in [-0.2, 0) is 26.4 Å². The number of carbonyl (C=O) groups is 2. The Morgan fingerprint density at radius 2 is 1.06 bits per heavy atom. The highest BCUT2D eigenvalue weighted by Gasteiger charge is 2.43. The number of likely N-dealkylation sites (tertiary alicyclic amines) is 2. The third-order valence-corrected chi connectivity index (χ3v) is 11.0. The van der Waals surface area contributed by atoms with Crippen molar-refractivity contribution in [3.63, 3.8) is 0 Å². The second kappa shape index (κ2) is 15.6. The molecule has 8 nitrogen and oxygen atoms in total. The molecule has 0 aromatic carbocycles. The van der Waals surface area contributed by atoms with E-state index in [0.29, 0.717) is 19.3 Å². The first-order chi connectivity index (χ1) is 24.3. The van der Waals surface area contributed by atoms with Gasteiger partial charge in [-0.2, -0.15) is 49.7 Å². The molecule has 4 aromatic rings. The van der Waals surface area contributed by atoms with Crippen LogP contribution in [0, 0.1) is 5.92 Å². The van der Waals surface area contributed by atoms with Gasteiger partial charge in [0.25, 0.3) is 11.8 Å². The summed E-state index contributed by atoms with van der Waals surface area (Å²) in [6.07, 6.45) is -7.65. The molecule has 284 valence electrons. The molecule has 1 unspecified atom stereocenters. The summed E-state index contributed by atoms with van der Waals surface area (Å²) in [4.78, 5) is 29.8. The molecule has 19 heteroatoms. The van der Waals surface area contributed by atoms with Crippen LogP contribution in [0.4, 0.5) is 39.5 Å². The number of carbonyl (C=O) groups excluding carboxylic acids is 2. The van der Waals surface area contributed by atoms with Crippen molar-refractivity contribution in [1.82, 2.24) is 29.4 Å². The number of nitrogens with zero attached hydrogens (tertiary/aromatic N) is 6. The summed E-state index contributed by atoms with van der Waals surface area (Å²) in [5.41, 5.74) is -1.43. The van der Waals surface area contributed by atoms with Crippen LogP contribution in [0.15, 0.2) is 36.4 Å². The predicted molar refractivity (Wildman–Crippen MR) is 177 cm³/mol. The molecule has 2 saturated heterocycles. The van der Waals surface area contributed by atoms with Crippen LogP contribution in [-0.4, -0.2) is 73.5 Å². The smallest absolute Gasteiger partial charge is 0.338 e. The first-order valence-corrected chi connectivity index (χ1v) is 18.0. The number of aromatic nitrogens is 4. The van der Waals surface area contributed by atoms with Crippen LogP contribution in [0.25, 0.3) is 21.1 Å². The Morgan fingerprint density at radius 3 is 1.48 bits per heavy atom. The average molecular weight is 783 g/mol. The van der Waals surface area contributed by atoms with Crippen LogP contribution in [0.1, 0.15) is 75.7 Å². The zero-order chi connectivity index (χ0) is 38.0. The zero-order valence-electron chi connectivity index (χ0n) is 28.0. The molecule has 0 saturated carbocycles. The number of aryl methyl sites for hydroxylation is 2.